The molecule has 0 amide bonds. The Hall–Kier alpha value is -0.730. The van der Waals surface area contributed by atoms with Gasteiger partial charge >= 0.3 is 5.97 Å². The van der Waals surface area contributed by atoms with Crippen molar-refractivity contribution in [3.05, 3.63) is 0 Å². The average molecular weight is 716 g/mol. The van der Waals surface area contributed by atoms with E-state index in [1.54, 1.807) is 0 Å². The van der Waals surface area contributed by atoms with Gasteiger partial charge in [-0.15, -0.1) is 0 Å². The van der Waals surface area contributed by atoms with Crippen LogP contribution in [0, 0.1) is 0 Å². The molecule has 7 heteroatoms. The number of carbonyl (C=O) groups is 1. The molecule has 0 aliphatic carbocycles. The zero-order valence-electron chi connectivity index (χ0n) is 34.1. The topological polar surface area (TPSA) is 99.5 Å². The SMILES string of the molecule is CCCCCCCCCCCCCCCCO.CCCCCCCCCCCCCCCCO.CN(C)CCCC(=O)OC[C@@H]1CC[C@H](O)O1. The zero-order valence-corrected chi connectivity index (χ0v) is 34.1. The number of carbonyl (C=O) groups excluding carboxylic acids is 1. The van der Waals surface area contributed by atoms with Gasteiger partial charge in [0, 0.05) is 26.1 Å². The fraction of sp³-hybridized carbons (Fsp3) is 0.977. The predicted molar refractivity (Wildman–Crippen MR) is 214 cm³/mol. The highest BCUT2D eigenvalue weighted by Gasteiger charge is 2.24. The lowest BCUT2D eigenvalue weighted by molar-refractivity contribution is -0.152. The monoisotopic (exact) mass is 716 g/mol. The highest BCUT2D eigenvalue weighted by molar-refractivity contribution is 5.69. The molecule has 1 heterocycles. The Morgan fingerprint density at radius 2 is 0.900 bits per heavy atom. The van der Waals surface area contributed by atoms with Crippen LogP contribution >= 0.6 is 0 Å². The molecule has 50 heavy (non-hydrogen) atoms. The van der Waals surface area contributed by atoms with Crippen LogP contribution in [0.25, 0.3) is 0 Å². The highest BCUT2D eigenvalue weighted by atomic mass is 16.6. The third-order valence-corrected chi connectivity index (χ3v) is 9.52. The van der Waals surface area contributed by atoms with Crippen molar-refractivity contribution in [2.24, 2.45) is 0 Å². The molecule has 1 aliphatic rings. The molecule has 0 unspecified atom stereocenters. The van der Waals surface area contributed by atoms with Crippen molar-refractivity contribution in [2.75, 3.05) is 40.5 Å². The molecular formula is C43H89NO6. The summed E-state index contributed by atoms with van der Waals surface area (Å²) in [7, 11) is 3.94. The fourth-order valence-electron chi connectivity index (χ4n) is 6.22. The Morgan fingerprint density at radius 3 is 1.18 bits per heavy atom. The molecule has 7 nitrogen and oxygen atoms in total. The first kappa shape index (κ1) is 51.4. The Labute approximate surface area is 312 Å². The molecule has 1 fully saturated rings. The third kappa shape index (κ3) is 45.3. The van der Waals surface area contributed by atoms with Crippen LogP contribution in [-0.4, -0.2) is 79.0 Å². The van der Waals surface area contributed by atoms with Gasteiger partial charge in [-0.2, -0.15) is 0 Å². The Balaban J connectivity index is 0. The van der Waals surface area contributed by atoms with E-state index in [4.69, 9.17) is 24.8 Å². The van der Waals surface area contributed by atoms with Gasteiger partial charge in [0.05, 0.1) is 6.10 Å². The number of ether oxygens (including phenoxy) is 2. The van der Waals surface area contributed by atoms with Crippen molar-refractivity contribution in [3.63, 3.8) is 0 Å². The minimum atomic E-state index is -0.683. The van der Waals surface area contributed by atoms with Gasteiger partial charge in [0.1, 0.15) is 6.61 Å². The fourth-order valence-corrected chi connectivity index (χ4v) is 6.22. The molecule has 0 aromatic carbocycles. The Bertz CT molecular complexity index is 577. The quantitative estimate of drug-likeness (QED) is 0.0450. The van der Waals surface area contributed by atoms with E-state index in [1.807, 2.05) is 19.0 Å². The number of esters is 1. The molecule has 302 valence electrons. The van der Waals surface area contributed by atoms with Gasteiger partial charge in [-0.1, -0.05) is 181 Å². The lowest BCUT2D eigenvalue weighted by Crippen LogP contribution is -2.20. The van der Waals surface area contributed by atoms with Gasteiger partial charge in [0.25, 0.3) is 0 Å². The maximum Gasteiger partial charge on any atom is 0.305 e. The minimum absolute atomic E-state index is 0.132. The Kier molecular flexibility index (Phi) is 45.7. The number of nitrogens with zero attached hydrogens (tertiary/aromatic N) is 1. The normalized spacial score (nSPS) is 15.4. The lowest BCUT2D eigenvalue weighted by atomic mass is 10.0. The van der Waals surface area contributed by atoms with Crippen LogP contribution in [0.1, 0.15) is 219 Å². The van der Waals surface area contributed by atoms with Crippen molar-refractivity contribution >= 4 is 5.97 Å². The molecule has 0 spiro atoms. The van der Waals surface area contributed by atoms with Gasteiger partial charge in [-0.3, -0.25) is 4.79 Å². The molecule has 1 saturated heterocycles. The Morgan fingerprint density at radius 1 is 0.560 bits per heavy atom. The summed E-state index contributed by atoms with van der Waals surface area (Å²) < 4.78 is 10.2. The van der Waals surface area contributed by atoms with E-state index in [1.165, 1.54) is 167 Å². The largest absolute Gasteiger partial charge is 0.463 e. The molecule has 1 rings (SSSR count). The average Bonchev–Trinajstić information content (AvgIpc) is 3.53. The van der Waals surface area contributed by atoms with E-state index in [9.17, 15) is 4.79 Å². The number of hydrogen-bond acceptors (Lipinski definition) is 7. The second kappa shape index (κ2) is 44.4. The van der Waals surface area contributed by atoms with Gasteiger partial charge in [0.15, 0.2) is 6.29 Å². The molecule has 0 aromatic rings. The summed E-state index contributed by atoms with van der Waals surface area (Å²) >= 11 is 0. The van der Waals surface area contributed by atoms with Crippen LogP contribution in [0.15, 0.2) is 0 Å². The molecule has 3 N–H and O–H groups in total. The molecule has 0 bridgehead atoms. The van der Waals surface area contributed by atoms with E-state index in [-0.39, 0.29) is 18.7 Å². The lowest BCUT2D eigenvalue weighted by Gasteiger charge is -2.12. The summed E-state index contributed by atoms with van der Waals surface area (Å²) in [6.07, 6.45) is 40.2. The number of rotatable bonds is 34. The number of unbranched alkanes of at least 4 members (excludes halogenated alkanes) is 26. The van der Waals surface area contributed by atoms with E-state index < -0.39 is 6.29 Å². The van der Waals surface area contributed by atoms with Crippen molar-refractivity contribution in [1.82, 2.24) is 4.90 Å². The first-order valence-corrected chi connectivity index (χ1v) is 21.8. The van der Waals surface area contributed by atoms with E-state index in [0.29, 0.717) is 26.1 Å². The summed E-state index contributed by atoms with van der Waals surface area (Å²) in [6, 6.07) is 0. The van der Waals surface area contributed by atoms with E-state index in [2.05, 4.69) is 13.8 Å². The van der Waals surface area contributed by atoms with Crippen molar-refractivity contribution in [2.45, 2.75) is 232 Å². The van der Waals surface area contributed by atoms with Crippen LogP contribution in [0.4, 0.5) is 0 Å². The second-order valence-corrected chi connectivity index (χ2v) is 15.0. The van der Waals surface area contributed by atoms with Gasteiger partial charge in [-0.05, 0) is 46.3 Å². The van der Waals surface area contributed by atoms with Gasteiger partial charge in [-0.25, -0.2) is 0 Å². The number of hydrogen-bond donors (Lipinski definition) is 3. The van der Waals surface area contributed by atoms with Crippen molar-refractivity contribution < 1.29 is 29.6 Å². The summed E-state index contributed by atoms with van der Waals surface area (Å²) in [5, 5.41) is 26.4. The predicted octanol–water partition coefficient (Wildman–Crippen LogP) is 11.3. The molecule has 0 saturated carbocycles. The van der Waals surface area contributed by atoms with Crippen molar-refractivity contribution in [1.29, 1.82) is 0 Å². The second-order valence-electron chi connectivity index (χ2n) is 15.0. The maximum absolute atomic E-state index is 11.3. The van der Waals surface area contributed by atoms with Crippen LogP contribution < -0.4 is 0 Å². The van der Waals surface area contributed by atoms with Crippen LogP contribution in [0.2, 0.25) is 0 Å². The standard InChI is InChI=1S/2C16H34O.C11H21NO4/c2*1-2-3-4-5-6-7-8-9-10-11-12-13-14-15-16-17;1-12(2)7-3-4-10(13)15-8-9-5-6-11(14)16-9/h2*17H,2-16H2,1H3;9,11,14H,3-8H2,1-2H3/t;;9-,11+/m..0/s1. The van der Waals surface area contributed by atoms with Crippen LogP contribution in [0.5, 0.6) is 0 Å². The molecule has 2 atom stereocenters. The van der Waals surface area contributed by atoms with Gasteiger partial charge < -0.3 is 29.7 Å². The van der Waals surface area contributed by atoms with Crippen LogP contribution in [0.3, 0.4) is 0 Å². The summed E-state index contributed by atoms with van der Waals surface area (Å²) in [6.45, 7) is 6.45. The molecule has 0 aromatic heterocycles. The minimum Gasteiger partial charge on any atom is -0.463 e. The first-order valence-electron chi connectivity index (χ1n) is 21.8. The van der Waals surface area contributed by atoms with Crippen molar-refractivity contribution in [3.8, 4) is 0 Å². The number of aliphatic hydroxyl groups excluding tert-OH is 3. The third-order valence-electron chi connectivity index (χ3n) is 9.52. The number of aliphatic hydroxyl groups is 3. The first-order chi connectivity index (χ1) is 24.4. The van der Waals surface area contributed by atoms with E-state index >= 15 is 0 Å². The summed E-state index contributed by atoms with van der Waals surface area (Å²) in [5.41, 5.74) is 0. The summed E-state index contributed by atoms with van der Waals surface area (Å²) in [4.78, 5) is 13.3. The van der Waals surface area contributed by atoms with Gasteiger partial charge in [0.2, 0.25) is 0 Å². The smallest absolute Gasteiger partial charge is 0.305 e. The highest BCUT2D eigenvalue weighted by Crippen LogP contribution is 2.18. The van der Waals surface area contributed by atoms with E-state index in [0.717, 1.165) is 32.2 Å². The maximum atomic E-state index is 11.3. The molecule has 0 radical (unpaired) electrons. The van der Waals surface area contributed by atoms with Crippen LogP contribution in [-0.2, 0) is 14.3 Å². The summed E-state index contributed by atoms with van der Waals surface area (Å²) in [5.74, 6) is -0.188. The zero-order chi connectivity index (χ0) is 37.2. The molecule has 1 aliphatic heterocycles. The molecular weight excluding hydrogens is 626 g/mol.